The van der Waals surface area contributed by atoms with E-state index in [0.29, 0.717) is 5.56 Å². The van der Waals surface area contributed by atoms with Crippen LogP contribution in [0.15, 0.2) is 41.2 Å². The first-order chi connectivity index (χ1) is 12.0. The summed E-state index contributed by atoms with van der Waals surface area (Å²) in [6.07, 6.45) is 0. The van der Waals surface area contributed by atoms with Gasteiger partial charge < -0.3 is 15.4 Å². The van der Waals surface area contributed by atoms with Gasteiger partial charge in [0, 0.05) is 31.6 Å². The Balaban J connectivity index is 1.80. The van der Waals surface area contributed by atoms with Crippen molar-refractivity contribution in [2.24, 2.45) is 0 Å². The minimum Gasteiger partial charge on any atom is -0.427 e. The summed E-state index contributed by atoms with van der Waals surface area (Å²) in [5.74, 6) is -1.04. The number of esters is 1. The van der Waals surface area contributed by atoms with E-state index in [2.05, 4.69) is 20.8 Å². The van der Waals surface area contributed by atoms with Crippen LogP contribution in [-0.2, 0) is 4.79 Å². The predicted molar refractivity (Wildman–Crippen MR) is 87.3 cm³/mol. The minimum absolute atomic E-state index is 0.0695. The number of ether oxygens (including phenoxy) is 1. The number of hydrogen-bond acceptors (Lipinski definition) is 6. The van der Waals surface area contributed by atoms with Gasteiger partial charge in [-0.05, 0) is 24.3 Å². The molecule has 0 bridgehead atoms. The summed E-state index contributed by atoms with van der Waals surface area (Å²) in [4.78, 5) is 45.6. The van der Waals surface area contributed by atoms with Crippen molar-refractivity contribution in [2.75, 3.05) is 13.1 Å². The lowest BCUT2D eigenvalue weighted by molar-refractivity contribution is -0.131. The Morgan fingerprint density at radius 1 is 1.08 bits per heavy atom. The zero-order chi connectivity index (χ0) is 18.2. The van der Waals surface area contributed by atoms with E-state index in [0.717, 1.165) is 0 Å². The van der Waals surface area contributed by atoms with Crippen molar-refractivity contribution in [1.29, 1.82) is 0 Å². The fourth-order valence-electron chi connectivity index (χ4n) is 1.88. The summed E-state index contributed by atoms with van der Waals surface area (Å²) < 4.78 is 4.91. The summed E-state index contributed by atoms with van der Waals surface area (Å²) in [5.41, 5.74) is -0.00724. The first-order valence-electron chi connectivity index (χ1n) is 7.36. The minimum atomic E-state index is -0.476. The van der Waals surface area contributed by atoms with E-state index in [1.54, 1.807) is 18.2 Å². The van der Waals surface area contributed by atoms with Gasteiger partial charge in [-0.1, -0.05) is 6.07 Å². The molecule has 2 aromatic rings. The summed E-state index contributed by atoms with van der Waals surface area (Å²) in [6.45, 7) is 1.63. The normalized spacial score (nSPS) is 9.96. The number of nitrogens with zero attached hydrogens (tertiary/aromatic N) is 1. The number of amides is 2. The molecule has 1 aromatic carbocycles. The van der Waals surface area contributed by atoms with Gasteiger partial charge in [-0.25, -0.2) is 5.10 Å². The SMILES string of the molecule is CC(=O)Oc1cccc(C(=O)NCCNC(=O)c2ccc(=O)[nH]n2)c1. The molecular formula is C16H16N4O5. The Labute approximate surface area is 142 Å². The lowest BCUT2D eigenvalue weighted by Gasteiger charge is -2.08. The molecule has 3 N–H and O–H groups in total. The van der Waals surface area contributed by atoms with Gasteiger partial charge in [0.25, 0.3) is 17.4 Å². The molecule has 1 heterocycles. The number of carbonyl (C=O) groups is 3. The third-order valence-electron chi connectivity index (χ3n) is 2.97. The molecule has 2 rings (SSSR count). The smallest absolute Gasteiger partial charge is 0.308 e. The Bertz CT molecular complexity index is 826. The third-order valence-corrected chi connectivity index (χ3v) is 2.97. The number of rotatable bonds is 6. The molecule has 9 nitrogen and oxygen atoms in total. The number of H-pyrrole nitrogens is 1. The Hall–Kier alpha value is -3.49. The van der Waals surface area contributed by atoms with Crippen LogP contribution >= 0.6 is 0 Å². The van der Waals surface area contributed by atoms with E-state index < -0.39 is 17.4 Å². The molecule has 2 amide bonds. The highest BCUT2D eigenvalue weighted by molar-refractivity contribution is 5.95. The van der Waals surface area contributed by atoms with E-state index >= 15 is 0 Å². The van der Waals surface area contributed by atoms with Crippen molar-refractivity contribution in [3.63, 3.8) is 0 Å². The van der Waals surface area contributed by atoms with Crippen molar-refractivity contribution in [1.82, 2.24) is 20.8 Å². The molecule has 0 aliphatic heterocycles. The van der Waals surface area contributed by atoms with Gasteiger partial charge in [0.15, 0.2) is 0 Å². The molecule has 9 heteroatoms. The van der Waals surface area contributed by atoms with E-state index in [-0.39, 0.29) is 30.4 Å². The van der Waals surface area contributed by atoms with Crippen LogP contribution in [0, 0.1) is 0 Å². The maximum Gasteiger partial charge on any atom is 0.308 e. The summed E-state index contributed by atoms with van der Waals surface area (Å²) in [6, 6.07) is 8.67. The van der Waals surface area contributed by atoms with E-state index in [1.807, 2.05) is 0 Å². The monoisotopic (exact) mass is 344 g/mol. The van der Waals surface area contributed by atoms with Gasteiger partial charge in [-0.15, -0.1) is 0 Å². The van der Waals surface area contributed by atoms with Crippen molar-refractivity contribution in [3.8, 4) is 5.75 Å². The molecule has 0 spiro atoms. The fraction of sp³-hybridized carbons (Fsp3) is 0.188. The number of carbonyl (C=O) groups excluding carboxylic acids is 3. The molecule has 0 aliphatic carbocycles. The number of aromatic amines is 1. The molecule has 130 valence electrons. The Kier molecular flexibility index (Phi) is 5.99. The van der Waals surface area contributed by atoms with Crippen LogP contribution in [-0.4, -0.2) is 41.1 Å². The number of benzene rings is 1. The first-order valence-corrected chi connectivity index (χ1v) is 7.36. The summed E-state index contributed by atoms with van der Waals surface area (Å²) in [7, 11) is 0. The van der Waals surface area contributed by atoms with Crippen LogP contribution in [0.1, 0.15) is 27.8 Å². The van der Waals surface area contributed by atoms with E-state index in [1.165, 1.54) is 25.1 Å². The van der Waals surface area contributed by atoms with Crippen molar-refractivity contribution in [3.05, 3.63) is 58.0 Å². The zero-order valence-electron chi connectivity index (χ0n) is 13.4. The molecule has 0 fully saturated rings. The highest BCUT2D eigenvalue weighted by atomic mass is 16.5. The van der Waals surface area contributed by atoms with Crippen LogP contribution in [0.5, 0.6) is 5.75 Å². The molecular weight excluding hydrogens is 328 g/mol. The molecule has 0 atom stereocenters. The van der Waals surface area contributed by atoms with Crippen molar-refractivity contribution >= 4 is 17.8 Å². The van der Waals surface area contributed by atoms with Crippen LogP contribution < -0.4 is 20.9 Å². The maximum atomic E-state index is 12.0. The largest absolute Gasteiger partial charge is 0.427 e. The molecule has 0 radical (unpaired) electrons. The van der Waals surface area contributed by atoms with Crippen molar-refractivity contribution in [2.45, 2.75) is 6.92 Å². The molecule has 1 aromatic heterocycles. The van der Waals surface area contributed by atoms with E-state index in [4.69, 9.17) is 4.74 Å². The predicted octanol–water partition coefficient (Wildman–Crippen LogP) is -0.145. The Morgan fingerprint density at radius 3 is 2.44 bits per heavy atom. The third kappa shape index (κ3) is 5.57. The van der Waals surface area contributed by atoms with Gasteiger partial charge in [-0.3, -0.25) is 19.2 Å². The molecule has 0 saturated carbocycles. The first kappa shape index (κ1) is 17.9. The highest BCUT2D eigenvalue weighted by Gasteiger charge is 2.09. The van der Waals surface area contributed by atoms with Gasteiger partial charge >= 0.3 is 5.97 Å². The topological polar surface area (TPSA) is 130 Å². The maximum absolute atomic E-state index is 12.0. The lowest BCUT2D eigenvalue weighted by Crippen LogP contribution is -2.35. The van der Waals surface area contributed by atoms with Crippen molar-refractivity contribution < 1.29 is 19.1 Å². The second-order valence-electron chi connectivity index (χ2n) is 4.94. The average molecular weight is 344 g/mol. The van der Waals surface area contributed by atoms with Crippen LogP contribution in [0.2, 0.25) is 0 Å². The van der Waals surface area contributed by atoms with Crippen LogP contribution in [0.3, 0.4) is 0 Å². The molecule has 0 aliphatic rings. The molecule has 0 unspecified atom stereocenters. The standard InChI is InChI=1S/C16H16N4O5/c1-10(21)25-12-4-2-3-11(9-12)15(23)17-7-8-18-16(24)13-5-6-14(22)20-19-13/h2-6,9H,7-8H2,1H3,(H,17,23)(H,18,24)(H,20,22). The number of aromatic nitrogens is 2. The average Bonchev–Trinajstić information content (AvgIpc) is 2.58. The fourth-order valence-corrected chi connectivity index (χ4v) is 1.88. The van der Waals surface area contributed by atoms with Gasteiger partial charge in [0.05, 0.1) is 0 Å². The molecule has 0 saturated heterocycles. The summed E-state index contributed by atoms with van der Waals surface area (Å²) >= 11 is 0. The van der Waals surface area contributed by atoms with Gasteiger partial charge in [0.1, 0.15) is 11.4 Å². The second-order valence-corrected chi connectivity index (χ2v) is 4.94. The summed E-state index contributed by atoms with van der Waals surface area (Å²) in [5, 5.41) is 10.9. The zero-order valence-corrected chi connectivity index (χ0v) is 13.4. The molecule has 25 heavy (non-hydrogen) atoms. The van der Waals surface area contributed by atoms with Gasteiger partial charge in [-0.2, -0.15) is 5.10 Å². The van der Waals surface area contributed by atoms with E-state index in [9.17, 15) is 19.2 Å². The number of nitrogens with one attached hydrogen (secondary N) is 3. The highest BCUT2D eigenvalue weighted by Crippen LogP contribution is 2.13. The Morgan fingerprint density at radius 2 is 1.80 bits per heavy atom. The van der Waals surface area contributed by atoms with Gasteiger partial charge in [0.2, 0.25) is 0 Å². The van der Waals surface area contributed by atoms with Crippen LogP contribution in [0.4, 0.5) is 0 Å². The quantitative estimate of drug-likeness (QED) is 0.380. The second kappa shape index (κ2) is 8.39. The lowest BCUT2D eigenvalue weighted by atomic mass is 10.2. The number of hydrogen-bond donors (Lipinski definition) is 3. The van der Waals surface area contributed by atoms with Crippen LogP contribution in [0.25, 0.3) is 0 Å².